The summed E-state index contributed by atoms with van der Waals surface area (Å²) >= 11 is 0. The van der Waals surface area contributed by atoms with Crippen LogP contribution in [0.3, 0.4) is 0 Å². The summed E-state index contributed by atoms with van der Waals surface area (Å²) < 4.78 is 37.6. The van der Waals surface area contributed by atoms with E-state index in [0.717, 1.165) is 12.1 Å². The third kappa shape index (κ3) is 2.78. The van der Waals surface area contributed by atoms with E-state index in [1.807, 2.05) is 0 Å². The van der Waals surface area contributed by atoms with Crippen LogP contribution in [0.15, 0.2) is 18.2 Å². The quantitative estimate of drug-likeness (QED) is 0.664. The van der Waals surface area contributed by atoms with Crippen LogP contribution in [-0.2, 0) is 6.18 Å². The third-order valence-corrected chi connectivity index (χ3v) is 3.00. The second-order valence-corrected chi connectivity index (χ2v) is 4.35. The van der Waals surface area contributed by atoms with E-state index >= 15 is 0 Å². The molecule has 1 saturated heterocycles. The highest BCUT2D eigenvalue weighted by Crippen LogP contribution is 2.37. The van der Waals surface area contributed by atoms with Crippen LogP contribution < -0.4 is 4.90 Å². The molecule has 1 aromatic carbocycles. The Balaban J connectivity index is 2.42. The maximum Gasteiger partial charge on any atom is 0.416 e. The van der Waals surface area contributed by atoms with Crippen LogP contribution in [-0.4, -0.2) is 29.2 Å². The minimum atomic E-state index is -4.62. The molecular formula is C11H11F3N2O3. The Morgan fingerprint density at radius 1 is 1.42 bits per heavy atom. The van der Waals surface area contributed by atoms with Crippen LogP contribution in [0.1, 0.15) is 12.0 Å². The summed E-state index contributed by atoms with van der Waals surface area (Å²) in [4.78, 5) is 11.6. The average molecular weight is 276 g/mol. The fraction of sp³-hybridized carbons (Fsp3) is 0.455. The lowest BCUT2D eigenvalue weighted by Crippen LogP contribution is -2.22. The van der Waals surface area contributed by atoms with Gasteiger partial charge >= 0.3 is 6.18 Å². The van der Waals surface area contributed by atoms with E-state index in [1.165, 1.54) is 4.90 Å². The Hall–Kier alpha value is -1.83. The van der Waals surface area contributed by atoms with Crippen molar-refractivity contribution in [2.45, 2.75) is 18.7 Å². The first-order valence-corrected chi connectivity index (χ1v) is 5.57. The van der Waals surface area contributed by atoms with Gasteiger partial charge in [0, 0.05) is 19.2 Å². The smallest absolute Gasteiger partial charge is 0.391 e. The van der Waals surface area contributed by atoms with Gasteiger partial charge in [-0.1, -0.05) is 0 Å². The lowest BCUT2D eigenvalue weighted by molar-refractivity contribution is -0.384. The zero-order valence-electron chi connectivity index (χ0n) is 9.72. The molecule has 0 bridgehead atoms. The number of nitrogens with zero attached hydrogens (tertiary/aromatic N) is 2. The lowest BCUT2D eigenvalue weighted by Gasteiger charge is -2.18. The van der Waals surface area contributed by atoms with Gasteiger partial charge < -0.3 is 10.0 Å². The van der Waals surface area contributed by atoms with Gasteiger partial charge in [-0.05, 0) is 18.6 Å². The Kier molecular flexibility index (Phi) is 3.36. The number of anilines is 1. The van der Waals surface area contributed by atoms with E-state index in [4.69, 9.17) is 0 Å². The summed E-state index contributed by atoms with van der Waals surface area (Å²) in [6.07, 6.45) is -4.78. The second kappa shape index (κ2) is 4.69. The van der Waals surface area contributed by atoms with Crippen LogP contribution in [0.5, 0.6) is 0 Å². The molecule has 0 aliphatic carbocycles. The highest BCUT2D eigenvalue weighted by atomic mass is 19.4. The molecule has 1 N–H and O–H groups in total. The Bertz CT molecular complexity index is 504. The number of aliphatic hydroxyl groups excluding tert-OH is 1. The minimum absolute atomic E-state index is 0.106. The van der Waals surface area contributed by atoms with E-state index in [1.54, 1.807) is 0 Å². The van der Waals surface area contributed by atoms with Crippen molar-refractivity contribution >= 4 is 11.4 Å². The van der Waals surface area contributed by atoms with Gasteiger partial charge in [-0.2, -0.15) is 13.2 Å². The average Bonchev–Trinajstić information content (AvgIpc) is 2.73. The predicted octanol–water partition coefficient (Wildman–Crippen LogP) is 2.18. The highest BCUT2D eigenvalue weighted by molar-refractivity contribution is 5.65. The van der Waals surface area contributed by atoms with Gasteiger partial charge in [0.1, 0.15) is 5.69 Å². The molecule has 0 amide bonds. The molecule has 1 heterocycles. The van der Waals surface area contributed by atoms with Crippen LogP contribution in [0.4, 0.5) is 24.5 Å². The van der Waals surface area contributed by atoms with Gasteiger partial charge in [-0.3, -0.25) is 10.1 Å². The number of halogens is 3. The SMILES string of the molecule is O=[N+]([O-])c1cc(C(F)(F)F)ccc1N1CC[C@H](O)C1. The van der Waals surface area contributed by atoms with Crippen molar-refractivity contribution in [3.8, 4) is 0 Å². The number of β-amino-alcohol motifs (C(OH)–C–C–N with tert-alkyl or cyclic N) is 1. The van der Waals surface area contributed by atoms with Gasteiger partial charge in [0.15, 0.2) is 0 Å². The van der Waals surface area contributed by atoms with Crippen molar-refractivity contribution in [2.24, 2.45) is 0 Å². The van der Waals surface area contributed by atoms with Crippen molar-refractivity contribution in [1.29, 1.82) is 0 Å². The summed E-state index contributed by atoms with van der Waals surface area (Å²) in [5.74, 6) is 0. The maximum atomic E-state index is 12.5. The zero-order valence-corrected chi connectivity index (χ0v) is 9.72. The number of nitro benzene ring substituents is 1. The van der Waals surface area contributed by atoms with E-state index in [2.05, 4.69) is 0 Å². The molecule has 2 rings (SSSR count). The minimum Gasteiger partial charge on any atom is -0.391 e. The van der Waals surface area contributed by atoms with Crippen molar-refractivity contribution in [3.63, 3.8) is 0 Å². The highest BCUT2D eigenvalue weighted by Gasteiger charge is 2.34. The van der Waals surface area contributed by atoms with Gasteiger partial charge in [0.2, 0.25) is 0 Å². The van der Waals surface area contributed by atoms with E-state index in [-0.39, 0.29) is 12.2 Å². The number of rotatable bonds is 2. The number of hydrogen-bond donors (Lipinski definition) is 1. The second-order valence-electron chi connectivity index (χ2n) is 4.35. The molecule has 0 unspecified atom stereocenters. The molecule has 1 aliphatic rings. The lowest BCUT2D eigenvalue weighted by atomic mass is 10.1. The van der Waals surface area contributed by atoms with Gasteiger partial charge in [0.05, 0.1) is 16.6 Å². The number of benzene rings is 1. The van der Waals surface area contributed by atoms with Crippen LogP contribution in [0, 0.1) is 10.1 Å². The molecule has 5 nitrogen and oxygen atoms in total. The summed E-state index contributed by atoms with van der Waals surface area (Å²) in [7, 11) is 0. The third-order valence-electron chi connectivity index (χ3n) is 3.00. The molecular weight excluding hydrogens is 265 g/mol. The monoisotopic (exact) mass is 276 g/mol. The van der Waals surface area contributed by atoms with Gasteiger partial charge in [-0.15, -0.1) is 0 Å². The number of hydrogen-bond acceptors (Lipinski definition) is 4. The molecule has 0 aromatic heterocycles. The van der Waals surface area contributed by atoms with Gasteiger partial charge in [0.25, 0.3) is 5.69 Å². The van der Waals surface area contributed by atoms with E-state index in [9.17, 15) is 28.4 Å². The number of alkyl halides is 3. The molecule has 8 heteroatoms. The summed E-state index contributed by atoms with van der Waals surface area (Å²) in [5.41, 5.74) is -1.54. The van der Waals surface area contributed by atoms with Crippen LogP contribution >= 0.6 is 0 Å². The molecule has 0 spiro atoms. The van der Waals surface area contributed by atoms with Crippen molar-refractivity contribution in [1.82, 2.24) is 0 Å². The standard InChI is InChI=1S/C11H11F3N2O3/c12-11(13,14)7-1-2-9(10(5-7)16(18)19)15-4-3-8(17)6-15/h1-2,5,8,17H,3-4,6H2/t8-/m0/s1. The molecule has 0 radical (unpaired) electrons. The molecule has 1 aliphatic heterocycles. The Morgan fingerprint density at radius 3 is 2.58 bits per heavy atom. The van der Waals surface area contributed by atoms with Crippen LogP contribution in [0.2, 0.25) is 0 Å². The molecule has 0 saturated carbocycles. The predicted molar refractivity (Wildman–Crippen MR) is 60.9 cm³/mol. The summed E-state index contributed by atoms with van der Waals surface area (Å²) in [6, 6.07) is 2.42. The summed E-state index contributed by atoms with van der Waals surface area (Å²) in [5, 5.41) is 20.3. The van der Waals surface area contributed by atoms with Crippen molar-refractivity contribution in [3.05, 3.63) is 33.9 Å². The van der Waals surface area contributed by atoms with E-state index in [0.29, 0.717) is 19.0 Å². The normalized spacial score (nSPS) is 19.8. The number of aliphatic hydroxyl groups is 1. The maximum absolute atomic E-state index is 12.5. The fourth-order valence-electron chi connectivity index (χ4n) is 2.07. The molecule has 1 atom stereocenters. The first-order valence-electron chi connectivity index (χ1n) is 5.57. The zero-order chi connectivity index (χ0) is 14.2. The Labute approximate surface area is 106 Å². The molecule has 1 fully saturated rings. The first-order chi connectivity index (χ1) is 8.79. The van der Waals surface area contributed by atoms with Crippen molar-refractivity contribution in [2.75, 3.05) is 18.0 Å². The van der Waals surface area contributed by atoms with Crippen molar-refractivity contribution < 1.29 is 23.2 Å². The Morgan fingerprint density at radius 2 is 2.11 bits per heavy atom. The molecule has 19 heavy (non-hydrogen) atoms. The largest absolute Gasteiger partial charge is 0.416 e. The summed E-state index contributed by atoms with van der Waals surface area (Å²) in [6.45, 7) is 0.569. The first kappa shape index (κ1) is 13.6. The molecule has 104 valence electrons. The topological polar surface area (TPSA) is 66.6 Å². The van der Waals surface area contributed by atoms with Crippen LogP contribution in [0.25, 0.3) is 0 Å². The van der Waals surface area contributed by atoms with E-state index < -0.39 is 28.5 Å². The molecule has 1 aromatic rings. The fourth-order valence-corrected chi connectivity index (χ4v) is 2.07. The van der Waals surface area contributed by atoms with Gasteiger partial charge in [-0.25, -0.2) is 0 Å². The number of nitro groups is 1.